The van der Waals surface area contributed by atoms with Crippen LogP contribution in [0.1, 0.15) is 29.8 Å². The molecule has 0 saturated heterocycles. The molecule has 0 saturated carbocycles. The monoisotopic (exact) mass is 482 g/mol. The lowest BCUT2D eigenvalue weighted by atomic mass is 10.1. The fraction of sp³-hybridized carbons (Fsp3) is 0.259. The Morgan fingerprint density at radius 2 is 1.81 bits per heavy atom. The number of carbonyl (C=O) groups is 1. The number of anilines is 1. The Balaban J connectivity index is 1.29. The van der Waals surface area contributed by atoms with E-state index < -0.39 is 0 Å². The molecule has 0 atom stereocenters. The van der Waals surface area contributed by atoms with E-state index in [-0.39, 0.29) is 5.91 Å². The van der Waals surface area contributed by atoms with Crippen LogP contribution in [0.2, 0.25) is 0 Å². The Bertz CT molecular complexity index is 1450. The van der Waals surface area contributed by atoms with Crippen LogP contribution >= 0.6 is 0 Å². The Hall–Kier alpha value is -4.24. The molecule has 0 spiro atoms. The molecule has 4 heterocycles. The lowest BCUT2D eigenvalue weighted by molar-refractivity contribution is 0.102. The van der Waals surface area contributed by atoms with E-state index in [2.05, 4.69) is 44.2 Å². The molecule has 0 radical (unpaired) electrons. The second kappa shape index (κ2) is 10.6. The number of fused-ring (bicyclic) bond motifs is 1. The fourth-order valence-corrected chi connectivity index (χ4v) is 4.22. The Morgan fingerprint density at radius 1 is 1.00 bits per heavy atom. The van der Waals surface area contributed by atoms with E-state index in [9.17, 15) is 4.79 Å². The van der Waals surface area contributed by atoms with Crippen molar-refractivity contribution in [3.05, 3.63) is 84.7 Å². The highest BCUT2D eigenvalue weighted by Gasteiger charge is 2.14. The van der Waals surface area contributed by atoms with E-state index in [0.717, 1.165) is 48.3 Å². The van der Waals surface area contributed by atoms with Crippen LogP contribution in [0.25, 0.3) is 22.2 Å². The van der Waals surface area contributed by atoms with Gasteiger partial charge in [-0.1, -0.05) is 44.2 Å². The van der Waals surface area contributed by atoms with Gasteiger partial charge in [0, 0.05) is 47.8 Å². The molecule has 9 nitrogen and oxygen atoms in total. The van der Waals surface area contributed by atoms with Crippen molar-refractivity contribution < 1.29 is 4.79 Å². The first-order valence-corrected chi connectivity index (χ1v) is 12.2. The van der Waals surface area contributed by atoms with Crippen LogP contribution in [0.15, 0.2) is 73.6 Å². The Morgan fingerprint density at radius 3 is 2.61 bits per heavy atom. The zero-order chi connectivity index (χ0) is 24.9. The van der Waals surface area contributed by atoms with Gasteiger partial charge in [0.1, 0.15) is 5.65 Å². The topological polar surface area (TPSA) is 96.7 Å². The van der Waals surface area contributed by atoms with Crippen LogP contribution in [0.4, 0.5) is 5.69 Å². The first kappa shape index (κ1) is 23.5. The van der Waals surface area contributed by atoms with Gasteiger partial charge in [-0.3, -0.25) is 14.2 Å². The van der Waals surface area contributed by atoms with Crippen molar-refractivity contribution >= 4 is 22.6 Å². The van der Waals surface area contributed by atoms with E-state index in [1.807, 2.05) is 59.7 Å². The van der Waals surface area contributed by atoms with Gasteiger partial charge in [0.25, 0.3) is 5.91 Å². The number of aromatic nitrogens is 6. The summed E-state index contributed by atoms with van der Waals surface area (Å²) in [6.45, 7) is 8.80. The number of carbonyl (C=O) groups excluding carboxylic acids is 1. The van der Waals surface area contributed by atoms with Gasteiger partial charge >= 0.3 is 0 Å². The van der Waals surface area contributed by atoms with Gasteiger partial charge in [0.2, 0.25) is 0 Å². The second-order valence-electron chi connectivity index (χ2n) is 8.71. The van der Waals surface area contributed by atoms with E-state index in [4.69, 9.17) is 0 Å². The fourth-order valence-electron chi connectivity index (χ4n) is 4.22. The van der Waals surface area contributed by atoms with E-state index >= 15 is 0 Å². The molecule has 0 fully saturated rings. The van der Waals surface area contributed by atoms with Crippen LogP contribution in [-0.4, -0.2) is 60.0 Å². The molecular weight excluding hydrogens is 452 g/mol. The third kappa shape index (κ3) is 5.21. The lowest BCUT2D eigenvalue weighted by Gasteiger charge is -2.17. The molecule has 0 bridgehead atoms. The normalized spacial score (nSPS) is 11.4. The smallest absolute Gasteiger partial charge is 0.258 e. The lowest BCUT2D eigenvalue weighted by Crippen LogP contribution is -2.27. The predicted molar refractivity (Wildman–Crippen MR) is 141 cm³/mol. The molecule has 5 aromatic rings. The number of rotatable bonds is 10. The molecule has 1 aromatic carbocycles. The van der Waals surface area contributed by atoms with Gasteiger partial charge < -0.3 is 15.2 Å². The number of nitrogens with zero attached hydrogens (tertiary/aromatic N) is 6. The molecule has 0 aliphatic carbocycles. The number of pyridine rings is 1. The highest BCUT2D eigenvalue weighted by atomic mass is 16.1. The van der Waals surface area contributed by atoms with Crippen LogP contribution in [0.5, 0.6) is 0 Å². The van der Waals surface area contributed by atoms with Crippen LogP contribution in [0, 0.1) is 0 Å². The van der Waals surface area contributed by atoms with E-state index in [1.54, 1.807) is 23.3 Å². The van der Waals surface area contributed by atoms with Crippen molar-refractivity contribution in [1.29, 1.82) is 0 Å². The minimum atomic E-state index is -0.218. The average Bonchev–Trinajstić information content (AvgIpc) is 3.66. The summed E-state index contributed by atoms with van der Waals surface area (Å²) in [6, 6.07) is 12.1. The highest BCUT2D eigenvalue weighted by Crippen LogP contribution is 2.27. The molecule has 0 aliphatic heterocycles. The molecule has 1 amide bonds. The van der Waals surface area contributed by atoms with Crippen LogP contribution in [-0.2, 0) is 13.1 Å². The molecule has 0 unspecified atom stereocenters. The predicted octanol–water partition coefficient (Wildman–Crippen LogP) is 4.27. The van der Waals surface area contributed by atoms with Crippen LogP contribution in [0.3, 0.4) is 0 Å². The molecule has 0 aliphatic rings. The van der Waals surface area contributed by atoms with Crippen molar-refractivity contribution in [2.75, 3.05) is 25.0 Å². The number of benzene rings is 1. The number of likely N-dealkylation sites (N-methyl/N-ethyl adjacent to an activating group) is 1. The van der Waals surface area contributed by atoms with Gasteiger partial charge in [-0.15, -0.1) is 0 Å². The maximum Gasteiger partial charge on any atom is 0.258 e. The first-order valence-electron chi connectivity index (χ1n) is 12.2. The Labute approximate surface area is 209 Å². The van der Waals surface area contributed by atoms with Crippen LogP contribution < -0.4 is 5.32 Å². The molecule has 2 N–H and O–H groups in total. The van der Waals surface area contributed by atoms with Crippen molar-refractivity contribution in [3.63, 3.8) is 0 Å². The van der Waals surface area contributed by atoms with Crippen molar-refractivity contribution in [2.45, 2.75) is 26.9 Å². The number of amides is 1. The number of nitrogens with one attached hydrogen (secondary N) is 2. The summed E-state index contributed by atoms with van der Waals surface area (Å²) in [7, 11) is 0. The third-order valence-corrected chi connectivity index (χ3v) is 6.37. The standard InChI is InChI=1S/C27H30N8O/c1-3-33(4-2)10-11-34-18-22(14-30-34)21-12-24-25(16-29-26(24)28-13-21)32-27(36)23-15-31-35(19-23)17-20-8-6-5-7-9-20/h5-9,12-16,18-19H,3-4,10-11,17H2,1-2H3,(H,28,29)(H,32,36). The number of hydrogen-bond acceptors (Lipinski definition) is 5. The summed E-state index contributed by atoms with van der Waals surface area (Å²) in [5.74, 6) is -0.218. The van der Waals surface area contributed by atoms with Gasteiger partial charge in [0.15, 0.2) is 0 Å². The number of H-pyrrole nitrogens is 1. The maximum atomic E-state index is 12.9. The second-order valence-corrected chi connectivity index (χ2v) is 8.71. The SMILES string of the molecule is CCN(CC)CCn1cc(-c2cnc3[nH]cc(NC(=O)c4cnn(Cc5ccccc5)c4)c3c2)cn1. The number of aromatic amines is 1. The third-order valence-electron chi connectivity index (χ3n) is 6.37. The van der Waals surface area contributed by atoms with Gasteiger partial charge in [-0.05, 0) is 24.7 Å². The van der Waals surface area contributed by atoms with Gasteiger partial charge in [-0.25, -0.2) is 4.98 Å². The summed E-state index contributed by atoms with van der Waals surface area (Å²) in [5, 5.41) is 12.7. The first-order chi connectivity index (χ1) is 17.6. The minimum absolute atomic E-state index is 0.218. The maximum absolute atomic E-state index is 12.9. The van der Waals surface area contributed by atoms with E-state index in [1.165, 1.54) is 0 Å². The van der Waals surface area contributed by atoms with Crippen molar-refractivity contribution in [3.8, 4) is 11.1 Å². The Kier molecular flexibility index (Phi) is 6.90. The molecule has 4 aromatic heterocycles. The zero-order valence-corrected chi connectivity index (χ0v) is 20.6. The van der Waals surface area contributed by atoms with E-state index in [0.29, 0.717) is 23.4 Å². The number of hydrogen-bond donors (Lipinski definition) is 2. The summed E-state index contributed by atoms with van der Waals surface area (Å²) in [5.41, 5.74) is 4.95. The highest BCUT2D eigenvalue weighted by molar-refractivity contribution is 6.08. The summed E-state index contributed by atoms with van der Waals surface area (Å²) in [6.07, 6.45) is 10.8. The molecular formula is C27H30N8O. The summed E-state index contributed by atoms with van der Waals surface area (Å²) < 4.78 is 3.72. The average molecular weight is 483 g/mol. The van der Waals surface area contributed by atoms with Gasteiger partial charge in [-0.2, -0.15) is 10.2 Å². The largest absolute Gasteiger partial charge is 0.344 e. The molecule has 5 rings (SSSR count). The quantitative estimate of drug-likeness (QED) is 0.310. The van der Waals surface area contributed by atoms with Gasteiger partial charge in [0.05, 0.1) is 36.7 Å². The minimum Gasteiger partial charge on any atom is -0.344 e. The van der Waals surface area contributed by atoms with Crippen molar-refractivity contribution in [1.82, 2.24) is 34.4 Å². The zero-order valence-electron chi connectivity index (χ0n) is 20.6. The summed E-state index contributed by atoms with van der Waals surface area (Å²) in [4.78, 5) is 23.0. The summed E-state index contributed by atoms with van der Waals surface area (Å²) >= 11 is 0. The molecule has 9 heteroatoms. The molecule has 184 valence electrons. The molecule has 36 heavy (non-hydrogen) atoms. The van der Waals surface area contributed by atoms with Crippen molar-refractivity contribution in [2.24, 2.45) is 0 Å².